The molecule has 122 valence electrons. The number of benzene rings is 2. The van der Waals surface area contributed by atoms with Gasteiger partial charge in [-0.05, 0) is 23.3 Å². The zero-order valence-electron chi connectivity index (χ0n) is 12.7. The highest BCUT2D eigenvalue weighted by Gasteiger charge is 2.15. The van der Waals surface area contributed by atoms with Crippen molar-refractivity contribution < 1.29 is 4.92 Å². The maximum atomic E-state index is 12.5. The molecule has 0 fully saturated rings. The van der Waals surface area contributed by atoms with E-state index < -0.39 is 10.5 Å². The van der Waals surface area contributed by atoms with Crippen LogP contribution in [0.1, 0.15) is 5.56 Å². The molecule has 0 saturated carbocycles. The summed E-state index contributed by atoms with van der Waals surface area (Å²) in [6.45, 7) is 0. The van der Waals surface area contributed by atoms with Gasteiger partial charge in [-0.2, -0.15) is 5.26 Å². The number of halogens is 1. The predicted molar refractivity (Wildman–Crippen MR) is 93.9 cm³/mol. The summed E-state index contributed by atoms with van der Waals surface area (Å²) < 4.78 is 1.16. The molecular formula is C18H10ClN3O3. The van der Waals surface area contributed by atoms with Gasteiger partial charge in [0.1, 0.15) is 11.6 Å². The number of hydrogen-bond donors (Lipinski definition) is 0. The van der Waals surface area contributed by atoms with E-state index in [1.807, 2.05) is 36.4 Å². The summed E-state index contributed by atoms with van der Waals surface area (Å²) in [5.74, 6) is 0. The Bertz CT molecular complexity index is 1070. The van der Waals surface area contributed by atoms with Crippen molar-refractivity contribution in [3.8, 4) is 22.9 Å². The van der Waals surface area contributed by atoms with E-state index in [0.29, 0.717) is 5.56 Å². The average molecular weight is 352 g/mol. The number of nitriles is 1. The van der Waals surface area contributed by atoms with Gasteiger partial charge in [-0.15, -0.1) is 0 Å². The van der Waals surface area contributed by atoms with Gasteiger partial charge in [-0.1, -0.05) is 41.9 Å². The van der Waals surface area contributed by atoms with Crippen molar-refractivity contribution in [2.24, 2.45) is 0 Å². The highest BCUT2D eigenvalue weighted by atomic mass is 35.5. The van der Waals surface area contributed by atoms with Gasteiger partial charge >= 0.3 is 0 Å². The van der Waals surface area contributed by atoms with Crippen molar-refractivity contribution in [3.63, 3.8) is 0 Å². The Morgan fingerprint density at radius 3 is 2.44 bits per heavy atom. The largest absolute Gasteiger partial charge is 0.281 e. The number of aromatic nitrogens is 1. The van der Waals surface area contributed by atoms with E-state index in [9.17, 15) is 20.2 Å². The summed E-state index contributed by atoms with van der Waals surface area (Å²) >= 11 is 6.14. The van der Waals surface area contributed by atoms with Crippen LogP contribution in [0.5, 0.6) is 0 Å². The Kier molecular flexibility index (Phi) is 4.33. The van der Waals surface area contributed by atoms with Crippen LogP contribution in [0.4, 0.5) is 5.69 Å². The van der Waals surface area contributed by atoms with Gasteiger partial charge in [-0.25, -0.2) is 0 Å². The third-order valence-corrected chi connectivity index (χ3v) is 3.96. The first kappa shape index (κ1) is 16.4. The number of non-ortho nitro benzene ring substituents is 1. The third kappa shape index (κ3) is 3.13. The lowest BCUT2D eigenvalue weighted by Gasteiger charge is -2.11. The molecule has 0 bridgehead atoms. The molecule has 0 aliphatic rings. The Morgan fingerprint density at radius 2 is 1.80 bits per heavy atom. The van der Waals surface area contributed by atoms with Gasteiger partial charge in [0, 0.05) is 18.3 Å². The van der Waals surface area contributed by atoms with Gasteiger partial charge < -0.3 is 0 Å². The standard InChI is InChI=1S/C18H10ClN3O3/c19-16-7-6-15(22(24)25)9-17(16)21-11-14(8-13(10-20)18(21)23)12-4-2-1-3-5-12/h1-9,11H. The molecule has 25 heavy (non-hydrogen) atoms. The van der Waals surface area contributed by atoms with Crippen LogP contribution in [0, 0.1) is 21.4 Å². The minimum absolute atomic E-state index is 0.0797. The number of rotatable bonds is 3. The fraction of sp³-hybridized carbons (Fsp3) is 0. The molecule has 0 aliphatic carbocycles. The summed E-state index contributed by atoms with van der Waals surface area (Å²) in [5, 5.41) is 20.5. The van der Waals surface area contributed by atoms with Crippen molar-refractivity contribution in [3.05, 3.63) is 91.8 Å². The summed E-state index contributed by atoms with van der Waals surface area (Å²) in [6, 6.07) is 16.3. The van der Waals surface area contributed by atoms with E-state index in [1.165, 1.54) is 30.5 Å². The fourth-order valence-corrected chi connectivity index (χ4v) is 2.64. The first-order valence-electron chi connectivity index (χ1n) is 7.18. The second kappa shape index (κ2) is 6.59. The van der Waals surface area contributed by atoms with Crippen molar-refractivity contribution in [1.82, 2.24) is 4.57 Å². The van der Waals surface area contributed by atoms with Gasteiger partial charge in [0.25, 0.3) is 11.2 Å². The smallest absolute Gasteiger partial charge is 0.273 e. The predicted octanol–water partition coefficient (Wildman–Crippen LogP) is 3.94. The maximum Gasteiger partial charge on any atom is 0.273 e. The molecule has 1 heterocycles. The minimum Gasteiger partial charge on any atom is -0.281 e. The maximum absolute atomic E-state index is 12.5. The molecule has 0 radical (unpaired) electrons. The molecule has 6 nitrogen and oxygen atoms in total. The third-order valence-electron chi connectivity index (χ3n) is 3.64. The Morgan fingerprint density at radius 1 is 1.08 bits per heavy atom. The van der Waals surface area contributed by atoms with Crippen LogP contribution >= 0.6 is 11.6 Å². The molecule has 0 saturated heterocycles. The highest BCUT2D eigenvalue weighted by Crippen LogP contribution is 2.26. The van der Waals surface area contributed by atoms with Crippen LogP contribution in [0.15, 0.2) is 65.6 Å². The van der Waals surface area contributed by atoms with Gasteiger partial charge in [0.05, 0.1) is 15.6 Å². The van der Waals surface area contributed by atoms with Crippen LogP contribution < -0.4 is 5.56 Å². The Balaban J connectivity index is 2.30. The first-order chi connectivity index (χ1) is 12.0. The molecule has 0 spiro atoms. The van der Waals surface area contributed by atoms with E-state index in [2.05, 4.69) is 0 Å². The quantitative estimate of drug-likeness (QED) is 0.528. The topological polar surface area (TPSA) is 88.9 Å². The van der Waals surface area contributed by atoms with Crippen LogP contribution in [0.3, 0.4) is 0 Å². The second-order valence-corrected chi connectivity index (χ2v) is 5.60. The Hall–Kier alpha value is -3.43. The zero-order chi connectivity index (χ0) is 18.0. The molecule has 0 atom stereocenters. The van der Waals surface area contributed by atoms with E-state index >= 15 is 0 Å². The van der Waals surface area contributed by atoms with E-state index in [-0.39, 0.29) is 22.0 Å². The van der Waals surface area contributed by atoms with E-state index in [0.717, 1.165) is 10.1 Å². The van der Waals surface area contributed by atoms with Gasteiger partial charge in [-0.3, -0.25) is 19.5 Å². The molecule has 0 aliphatic heterocycles. The molecule has 0 unspecified atom stereocenters. The monoisotopic (exact) mass is 351 g/mol. The number of hydrogen-bond acceptors (Lipinski definition) is 4. The van der Waals surface area contributed by atoms with Gasteiger partial charge in [0.15, 0.2) is 0 Å². The van der Waals surface area contributed by atoms with Crippen molar-refractivity contribution in [2.45, 2.75) is 0 Å². The molecule has 3 aromatic rings. The summed E-state index contributed by atoms with van der Waals surface area (Å²) in [5.41, 5.74) is 0.701. The van der Waals surface area contributed by atoms with Crippen molar-refractivity contribution in [1.29, 1.82) is 5.26 Å². The zero-order valence-corrected chi connectivity index (χ0v) is 13.5. The van der Waals surface area contributed by atoms with E-state index in [4.69, 9.17) is 11.6 Å². The second-order valence-electron chi connectivity index (χ2n) is 5.19. The lowest BCUT2D eigenvalue weighted by molar-refractivity contribution is -0.384. The molecule has 0 N–H and O–H groups in total. The molecule has 7 heteroatoms. The molecule has 3 rings (SSSR count). The van der Waals surface area contributed by atoms with Crippen molar-refractivity contribution >= 4 is 17.3 Å². The lowest BCUT2D eigenvalue weighted by atomic mass is 10.1. The van der Waals surface area contributed by atoms with Gasteiger partial charge in [0.2, 0.25) is 0 Å². The Labute approximate surface area is 147 Å². The average Bonchev–Trinajstić information content (AvgIpc) is 2.63. The number of nitrogens with zero attached hydrogens (tertiary/aromatic N) is 3. The molecule has 0 amide bonds. The molecular weight excluding hydrogens is 342 g/mol. The van der Waals surface area contributed by atoms with Crippen LogP contribution in [0.25, 0.3) is 16.8 Å². The number of nitro groups is 1. The van der Waals surface area contributed by atoms with Crippen molar-refractivity contribution in [2.75, 3.05) is 0 Å². The lowest BCUT2D eigenvalue weighted by Crippen LogP contribution is -2.21. The summed E-state index contributed by atoms with van der Waals surface area (Å²) in [7, 11) is 0. The molecule has 2 aromatic carbocycles. The first-order valence-corrected chi connectivity index (χ1v) is 7.55. The number of nitro benzene ring substituents is 1. The van der Waals surface area contributed by atoms with Crippen LogP contribution in [0.2, 0.25) is 5.02 Å². The fourth-order valence-electron chi connectivity index (χ4n) is 2.43. The van der Waals surface area contributed by atoms with Crippen LogP contribution in [-0.2, 0) is 0 Å². The normalized spacial score (nSPS) is 10.2. The number of pyridine rings is 1. The SMILES string of the molecule is N#Cc1cc(-c2ccccc2)cn(-c2cc([N+](=O)[O-])ccc2Cl)c1=O. The summed E-state index contributed by atoms with van der Waals surface area (Å²) in [6.07, 6.45) is 1.52. The summed E-state index contributed by atoms with van der Waals surface area (Å²) in [4.78, 5) is 23.0. The molecule has 1 aromatic heterocycles. The van der Waals surface area contributed by atoms with E-state index in [1.54, 1.807) is 0 Å². The highest BCUT2D eigenvalue weighted by molar-refractivity contribution is 6.32. The van der Waals surface area contributed by atoms with Crippen LogP contribution in [-0.4, -0.2) is 9.49 Å². The minimum atomic E-state index is -0.593.